The average Bonchev–Trinajstić information content (AvgIpc) is 3.13. The third-order valence-corrected chi connectivity index (χ3v) is 9.75. The van der Waals surface area contributed by atoms with Crippen molar-refractivity contribution in [2.24, 2.45) is 0 Å². The van der Waals surface area contributed by atoms with Gasteiger partial charge >= 0.3 is 13.8 Å². The fourth-order valence-corrected chi connectivity index (χ4v) is 6.15. The lowest BCUT2D eigenvalue weighted by molar-refractivity contribution is -0.870. The van der Waals surface area contributed by atoms with Crippen molar-refractivity contribution in [2.75, 3.05) is 47.5 Å². The number of quaternary nitrogens is 1. The summed E-state index contributed by atoms with van der Waals surface area (Å²) in [5.41, 5.74) is 0. The van der Waals surface area contributed by atoms with Gasteiger partial charge < -0.3 is 18.9 Å². The molecule has 0 fully saturated rings. The molecule has 55 heavy (non-hydrogen) atoms. The van der Waals surface area contributed by atoms with Crippen LogP contribution >= 0.6 is 7.82 Å². The summed E-state index contributed by atoms with van der Waals surface area (Å²) in [6, 6.07) is 0. The lowest BCUT2D eigenvalue weighted by Crippen LogP contribution is -2.37. The Kier molecular flexibility index (Phi) is 36.7. The third kappa shape index (κ3) is 42.5. The molecule has 0 saturated heterocycles. The number of hydrogen-bond acceptors (Lipinski definition) is 6. The normalized spacial score (nSPS) is 14.6. The van der Waals surface area contributed by atoms with Crippen molar-refractivity contribution >= 4 is 13.8 Å². The van der Waals surface area contributed by atoms with Crippen LogP contribution in [0.25, 0.3) is 0 Å². The number of hydrogen-bond donors (Lipinski definition) is 1. The number of ether oxygens (including phenoxy) is 2. The number of rotatable bonds is 38. The summed E-state index contributed by atoms with van der Waals surface area (Å²) in [5, 5.41) is 0. The van der Waals surface area contributed by atoms with Crippen LogP contribution in [0.5, 0.6) is 0 Å². The minimum atomic E-state index is -4.33. The Hall–Kier alpha value is -2.48. The van der Waals surface area contributed by atoms with Crippen molar-refractivity contribution < 1.29 is 37.3 Å². The van der Waals surface area contributed by atoms with Crippen molar-refractivity contribution in [3.05, 3.63) is 85.3 Å². The largest absolute Gasteiger partial charge is 0.498 e. The zero-order valence-corrected chi connectivity index (χ0v) is 36.5. The van der Waals surface area contributed by atoms with E-state index >= 15 is 0 Å². The number of nitrogens with zero attached hydrogens (tertiary/aromatic N) is 1. The number of carbonyl (C=O) groups is 1. The quantitative estimate of drug-likeness (QED) is 0.0127. The van der Waals surface area contributed by atoms with Crippen LogP contribution in [0.1, 0.15) is 149 Å². The van der Waals surface area contributed by atoms with E-state index in [1.807, 2.05) is 63.7 Å². The molecule has 2 atom stereocenters. The first kappa shape index (κ1) is 52.5. The maximum Gasteiger partial charge on any atom is 0.472 e. The number of likely N-dealkylation sites (N-methyl/N-ethyl adjacent to an activating group) is 1. The van der Waals surface area contributed by atoms with Crippen molar-refractivity contribution in [3.8, 4) is 0 Å². The maximum absolute atomic E-state index is 12.5. The molecule has 0 saturated carbocycles. The van der Waals surface area contributed by atoms with Gasteiger partial charge in [0.1, 0.15) is 19.8 Å². The predicted octanol–water partition coefficient (Wildman–Crippen LogP) is 12.8. The van der Waals surface area contributed by atoms with Gasteiger partial charge in [-0.1, -0.05) is 190 Å². The van der Waals surface area contributed by atoms with Gasteiger partial charge in [0.15, 0.2) is 6.10 Å². The molecule has 0 rings (SSSR count). The van der Waals surface area contributed by atoms with Gasteiger partial charge in [0, 0.05) is 6.08 Å². The lowest BCUT2D eigenvalue weighted by Gasteiger charge is -2.24. The average molecular weight is 791 g/mol. The lowest BCUT2D eigenvalue weighted by atomic mass is 10.0. The van der Waals surface area contributed by atoms with E-state index in [-0.39, 0.29) is 19.8 Å². The summed E-state index contributed by atoms with van der Waals surface area (Å²) < 4.78 is 34.4. The molecule has 0 aromatic heterocycles. The number of esters is 1. The molecule has 0 aromatic rings. The molecule has 316 valence electrons. The standard InChI is InChI=1S/C46H80NO7P/c1-6-8-10-12-14-16-18-20-22-23-24-25-26-27-29-31-33-35-37-39-46(48)54-45(44-53-55(49,50)52-42-40-47(3,4)5)43-51-41-38-36-34-32-30-28-21-19-17-15-13-11-9-7-2/h22-27,29,31,33,35,37-39,41,45H,6-21,28,30,32,34,36,40,42-44H2,1-5H3/p+1/b23-22?,25-24?,27-26?,31-29?,35-33?,39-37-,41-38?/t45-/m1/s1. The first-order valence-corrected chi connectivity index (χ1v) is 23.0. The molecule has 8 nitrogen and oxygen atoms in total. The van der Waals surface area contributed by atoms with E-state index in [4.69, 9.17) is 18.5 Å². The molecule has 1 unspecified atom stereocenters. The first-order valence-electron chi connectivity index (χ1n) is 21.5. The Bertz CT molecular complexity index is 1150. The molecule has 0 aliphatic carbocycles. The zero-order chi connectivity index (χ0) is 40.6. The number of unbranched alkanes of at least 4 members (excludes halogenated alkanes) is 19. The van der Waals surface area contributed by atoms with E-state index in [9.17, 15) is 14.3 Å². The summed E-state index contributed by atoms with van der Waals surface area (Å²) in [7, 11) is 1.53. The summed E-state index contributed by atoms with van der Waals surface area (Å²) >= 11 is 0. The molecule has 0 aliphatic heterocycles. The van der Waals surface area contributed by atoms with Crippen molar-refractivity contribution in [2.45, 2.75) is 155 Å². The highest BCUT2D eigenvalue weighted by molar-refractivity contribution is 7.47. The second kappa shape index (κ2) is 38.4. The predicted molar refractivity (Wildman–Crippen MR) is 233 cm³/mol. The highest BCUT2D eigenvalue weighted by Gasteiger charge is 2.26. The van der Waals surface area contributed by atoms with E-state index in [1.54, 1.807) is 24.5 Å². The Balaban J connectivity index is 4.58. The Morgan fingerprint density at radius 3 is 1.51 bits per heavy atom. The molecule has 0 heterocycles. The van der Waals surface area contributed by atoms with Gasteiger partial charge in [-0.05, 0) is 31.8 Å². The number of phosphoric ester groups is 1. The van der Waals surface area contributed by atoms with Gasteiger partial charge in [0.2, 0.25) is 0 Å². The molecule has 9 heteroatoms. The second-order valence-electron chi connectivity index (χ2n) is 15.3. The van der Waals surface area contributed by atoms with Crippen LogP contribution in [0.4, 0.5) is 0 Å². The molecule has 0 spiro atoms. The molecule has 0 radical (unpaired) electrons. The first-order chi connectivity index (χ1) is 26.6. The summed E-state index contributed by atoms with van der Waals surface area (Å²) in [4.78, 5) is 22.7. The Morgan fingerprint density at radius 2 is 1.02 bits per heavy atom. The maximum atomic E-state index is 12.5. The highest BCUT2D eigenvalue weighted by Crippen LogP contribution is 2.43. The monoisotopic (exact) mass is 791 g/mol. The zero-order valence-electron chi connectivity index (χ0n) is 35.6. The van der Waals surface area contributed by atoms with E-state index in [0.29, 0.717) is 11.0 Å². The van der Waals surface area contributed by atoms with Crippen molar-refractivity contribution in [1.82, 2.24) is 0 Å². The van der Waals surface area contributed by atoms with Gasteiger partial charge in [0.25, 0.3) is 0 Å². The fraction of sp³-hybridized carbons (Fsp3) is 0.674. The highest BCUT2D eigenvalue weighted by atomic mass is 31.2. The van der Waals surface area contributed by atoms with E-state index in [0.717, 1.165) is 19.3 Å². The van der Waals surface area contributed by atoms with Crippen LogP contribution in [0.3, 0.4) is 0 Å². The topological polar surface area (TPSA) is 91.3 Å². The van der Waals surface area contributed by atoms with Crippen LogP contribution in [0.15, 0.2) is 85.3 Å². The molecule has 1 N–H and O–H groups in total. The molecular weight excluding hydrogens is 709 g/mol. The summed E-state index contributed by atoms with van der Waals surface area (Å²) in [5.74, 6) is -0.616. The van der Waals surface area contributed by atoms with Crippen molar-refractivity contribution in [1.29, 1.82) is 0 Å². The number of allylic oxidation sites excluding steroid dienone is 12. The molecular formula is C46H81NO7P+. The fourth-order valence-electron chi connectivity index (χ4n) is 5.41. The molecule has 0 amide bonds. The summed E-state index contributed by atoms with van der Waals surface area (Å²) in [6.07, 6.45) is 52.1. The summed E-state index contributed by atoms with van der Waals surface area (Å²) in [6.45, 7) is 4.71. The van der Waals surface area contributed by atoms with Gasteiger partial charge in [-0.2, -0.15) is 0 Å². The number of carbonyl (C=O) groups excluding carboxylic acids is 1. The minimum absolute atomic E-state index is 0.0260. The molecule has 0 aliphatic rings. The van der Waals surface area contributed by atoms with E-state index in [1.165, 1.54) is 122 Å². The van der Waals surface area contributed by atoms with Gasteiger partial charge in [-0.25, -0.2) is 9.36 Å². The minimum Gasteiger partial charge on any atom is -0.498 e. The van der Waals surface area contributed by atoms with Crippen molar-refractivity contribution in [3.63, 3.8) is 0 Å². The van der Waals surface area contributed by atoms with E-state index < -0.39 is 19.9 Å². The van der Waals surface area contributed by atoms with Gasteiger partial charge in [-0.3, -0.25) is 9.05 Å². The van der Waals surface area contributed by atoms with Crippen LogP contribution in [0.2, 0.25) is 0 Å². The smallest absolute Gasteiger partial charge is 0.472 e. The molecule has 0 aromatic carbocycles. The second-order valence-corrected chi connectivity index (χ2v) is 16.7. The Labute approximate surface area is 337 Å². The van der Waals surface area contributed by atoms with Gasteiger partial charge in [-0.15, -0.1) is 0 Å². The molecule has 0 bridgehead atoms. The Morgan fingerprint density at radius 1 is 0.582 bits per heavy atom. The third-order valence-electron chi connectivity index (χ3n) is 8.76. The van der Waals surface area contributed by atoms with Crippen LogP contribution in [0, 0.1) is 0 Å². The van der Waals surface area contributed by atoms with E-state index in [2.05, 4.69) is 26.0 Å². The van der Waals surface area contributed by atoms with Crippen LogP contribution in [-0.4, -0.2) is 69.0 Å². The SMILES string of the molecule is CCCCCCCCCC=CC=CC=CC=CC=C/C=C\C(=O)O[C@H](COC=CCCCCCCCCCCCCCC)COP(=O)(O)OCC[N+](C)(C)C. The van der Waals surface area contributed by atoms with Gasteiger partial charge in [0.05, 0.1) is 34.0 Å². The van der Waals surface area contributed by atoms with Crippen LogP contribution < -0.4 is 0 Å². The van der Waals surface area contributed by atoms with Crippen LogP contribution in [-0.2, 0) is 27.9 Å². The number of phosphoric acid groups is 1.